The Morgan fingerprint density at radius 3 is 2.74 bits per heavy atom. The summed E-state index contributed by atoms with van der Waals surface area (Å²) in [6.07, 6.45) is 3.45. The average molecular weight is 253 g/mol. The first-order valence-corrected chi connectivity index (χ1v) is 6.00. The second-order valence-corrected chi connectivity index (χ2v) is 4.56. The first-order chi connectivity index (χ1) is 9.15. The zero-order chi connectivity index (χ0) is 13.4. The van der Waals surface area contributed by atoms with E-state index in [9.17, 15) is 4.39 Å². The number of nitrogens with zero attached hydrogens (tertiary/aromatic N) is 3. The van der Waals surface area contributed by atoms with Crippen molar-refractivity contribution in [3.8, 4) is 11.3 Å². The summed E-state index contributed by atoms with van der Waals surface area (Å²) >= 11 is 0. The summed E-state index contributed by atoms with van der Waals surface area (Å²) in [4.78, 5) is 4.28. The fraction of sp³-hybridized carbons (Fsp3) is 0.133. The molecule has 19 heavy (non-hydrogen) atoms. The molecule has 0 spiro atoms. The lowest BCUT2D eigenvalue weighted by Gasteiger charge is -2.07. The van der Waals surface area contributed by atoms with E-state index in [1.54, 1.807) is 18.5 Å². The summed E-state index contributed by atoms with van der Waals surface area (Å²) in [5.74, 6) is -0.278. The van der Waals surface area contributed by atoms with Gasteiger partial charge in [-0.15, -0.1) is 0 Å². The quantitative estimate of drug-likeness (QED) is 0.666. The Bertz CT molecular complexity index is 768. The van der Waals surface area contributed by atoms with Gasteiger partial charge in [0.25, 0.3) is 0 Å². The maximum Gasteiger partial charge on any atom is 0.125 e. The third-order valence-electron chi connectivity index (χ3n) is 3.28. The second-order valence-electron chi connectivity index (χ2n) is 4.56. The van der Waals surface area contributed by atoms with Crippen molar-refractivity contribution in [1.82, 2.24) is 15.2 Å². The standard InChI is InChI=1S/C15H12FN3/c1-9-7-18-19-15(10(9)2)12-5-11-3-4-13(16)6-14(11)17-8-12/h3-8H,1-2H3. The van der Waals surface area contributed by atoms with Crippen LogP contribution in [-0.4, -0.2) is 15.2 Å². The summed E-state index contributed by atoms with van der Waals surface area (Å²) in [6.45, 7) is 4.01. The fourth-order valence-electron chi connectivity index (χ4n) is 2.03. The Balaban J connectivity index is 2.20. The van der Waals surface area contributed by atoms with Gasteiger partial charge in [0.1, 0.15) is 5.82 Å². The highest BCUT2D eigenvalue weighted by atomic mass is 19.1. The smallest absolute Gasteiger partial charge is 0.125 e. The van der Waals surface area contributed by atoms with Crippen LogP contribution < -0.4 is 0 Å². The zero-order valence-corrected chi connectivity index (χ0v) is 10.7. The molecule has 2 heterocycles. The highest BCUT2D eigenvalue weighted by molar-refractivity contribution is 5.83. The van der Waals surface area contributed by atoms with Gasteiger partial charge < -0.3 is 0 Å². The van der Waals surface area contributed by atoms with Gasteiger partial charge >= 0.3 is 0 Å². The molecule has 0 bridgehead atoms. The van der Waals surface area contributed by atoms with Crippen LogP contribution >= 0.6 is 0 Å². The maximum absolute atomic E-state index is 13.1. The van der Waals surface area contributed by atoms with Crippen molar-refractivity contribution in [1.29, 1.82) is 0 Å². The minimum Gasteiger partial charge on any atom is -0.255 e. The SMILES string of the molecule is Cc1cnnc(-c2cnc3cc(F)ccc3c2)c1C. The van der Waals surface area contributed by atoms with E-state index in [2.05, 4.69) is 15.2 Å². The van der Waals surface area contributed by atoms with E-state index in [-0.39, 0.29) is 5.82 Å². The molecule has 0 atom stereocenters. The molecule has 3 rings (SSSR count). The van der Waals surface area contributed by atoms with Crippen LogP contribution in [0.4, 0.5) is 4.39 Å². The predicted molar refractivity (Wildman–Crippen MR) is 72.2 cm³/mol. The van der Waals surface area contributed by atoms with Gasteiger partial charge in [-0.25, -0.2) is 4.39 Å². The van der Waals surface area contributed by atoms with Crippen molar-refractivity contribution in [3.63, 3.8) is 0 Å². The molecule has 4 heteroatoms. The third kappa shape index (κ3) is 2.05. The summed E-state index contributed by atoms with van der Waals surface area (Å²) < 4.78 is 13.1. The van der Waals surface area contributed by atoms with Gasteiger partial charge in [0, 0.05) is 23.2 Å². The molecule has 0 aliphatic heterocycles. The van der Waals surface area contributed by atoms with Crippen LogP contribution in [-0.2, 0) is 0 Å². The first kappa shape index (κ1) is 11.7. The van der Waals surface area contributed by atoms with Gasteiger partial charge in [0.2, 0.25) is 0 Å². The number of aryl methyl sites for hydroxylation is 1. The Morgan fingerprint density at radius 2 is 1.89 bits per heavy atom. The van der Waals surface area contributed by atoms with Gasteiger partial charge in [0.05, 0.1) is 17.4 Å². The number of pyridine rings is 1. The van der Waals surface area contributed by atoms with E-state index in [0.29, 0.717) is 5.52 Å². The molecule has 0 N–H and O–H groups in total. The summed E-state index contributed by atoms with van der Waals surface area (Å²) in [7, 11) is 0. The molecule has 0 fully saturated rings. The monoisotopic (exact) mass is 253 g/mol. The first-order valence-electron chi connectivity index (χ1n) is 6.00. The van der Waals surface area contributed by atoms with E-state index in [0.717, 1.165) is 27.8 Å². The van der Waals surface area contributed by atoms with E-state index in [1.807, 2.05) is 19.9 Å². The lowest BCUT2D eigenvalue weighted by Crippen LogP contribution is -1.95. The van der Waals surface area contributed by atoms with Gasteiger partial charge in [0.15, 0.2) is 0 Å². The van der Waals surface area contributed by atoms with Crippen LogP contribution in [0.25, 0.3) is 22.2 Å². The van der Waals surface area contributed by atoms with Gasteiger partial charge in [-0.05, 0) is 43.2 Å². The zero-order valence-electron chi connectivity index (χ0n) is 10.7. The highest BCUT2D eigenvalue weighted by Gasteiger charge is 2.08. The molecule has 0 saturated heterocycles. The molecule has 0 unspecified atom stereocenters. The Morgan fingerprint density at radius 1 is 1.05 bits per heavy atom. The molecule has 2 aromatic heterocycles. The number of aromatic nitrogens is 3. The lowest BCUT2D eigenvalue weighted by atomic mass is 10.0. The maximum atomic E-state index is 13.1. The van der Waals surface area contributed by atoms with Crippen molar-refractivity contribution in [2.24, 2.45) is 0 Å². The van der Waals surface area contributed by atoms with Gasteiger partial charge in [-0.1, -0.05) is 0 Å². The molecule has 0 aliphatic carbocycles. The molecule has 3 nitrogen and oxygen atoms in total. The molecule has 1 aromatic carbocycles. The van der Waals surface area contributed by atoms with Crippen molar-refractivity contribution < 1.29 is 4.39 Å². The average Bonchev–Trinajstić information content (AvgIpc) is 2.41. The number of rotatable bonds is 1. The van der Waals surface area contributed by atoms with E-state index in [1.165, 1.54) is 12.1 Å². The molecule has 94 valence electrons. The topological polar surface area (TPSA) is 38.7 Å². The van der Waals surface area contributed by atoms with E-state index < -0.39 is 0 Å². The molecule has 0 saturated carbocycles. The molecular formula is C15H12FN3. The minimum absolute atomic E-state index is 0.278. The Kier molecular flexibility index (Phi) is 2.71. The highest BCUT2D eigenvalue weighted by Crippen LogP contribution is 2.24. The Hall–Kier alpha value is -2.36. The minimum atomic E-state index is -0.278. The number of fused-ring (bicyclic) bond motifs is 1. The van der Waals surface area contributed by atoms with Gasteiger partial charge in [-0.2, -0.15) is 10.2 Å². The Labute approximate surface area is 110 Å². The molecule has 0 aliphatic rings. The number of halogens is 1. The van der Waals surface area contributed by atoms with Crippen molar-refractivity contribution in [2.75, 3.05) is 0 Å². The van der Waals surface area contributed by atoms with Crippen LogP contribution in [0.15, 0.2) is 36.7 Å². The fourth-order valence-corrected chi connectivity index (χ4v) is 2.03. The summed E-state index contributed by atoms with van der Waals surface area (Å²) in [6, 6.07) is 6.54. The molecule has 0 radical (unpaired) electrons. The second kappa shape index (κ2) is 4.39. The van der Waals surface area contributed by atoms with Crippen molar-refractivity contribution in [2.45, 2.75) is 13.8 Å². The largest absolute Gasteiger partial charge is 0.255 e. The molecule has 0 amide bonds. The van der Waals surface area contributed by atoms with Crippen LogP contribution in [0.2, 0.25) is 0 Å². The number of benzene rings is 1. The van der Waals surface area contributed by atoms with Crippen LogP contribution in [0.1, 0.15) is 11.1 Å². The van der Waals surface area contributed by atoms with E-state index in [4.69, 9.17) is 0 Å². The van der Waals surface area contributed by atoms with Crippen LogP contribution in [0, 0.1) is 19.7 Å². The van der Waals surface area contributed by atoms with Crippen LogP contribution in [0.5, 0.6) is 0 Å². The van der Waals surface area contributed by atoms with Crippen molar-refractivity contribution in [3.05, 3.63) is 53.6 Å². The number of hydrogen-bond acceptors (Lipinski definition) is 3. The normalized spacial score (nSPS) is 10.9. The summed E-state index contributed by atoms with van der Waals surface area (Å²) in [5.41, 5.74) is 4.52. The van der Waals surface area contributed by atoms with Crippen molar-refractivity contribution >= 4 is 10.9 Å². The number of hydrogen-bond donors (Lipinski definition) is 0. The van der Waals surface area contributed by atoms with Gasteiger partial charge in [-0.3, -0.25) is 4.98 Å². The predicted octanol–water partition coefficient (Wildman–Crippen LogP) is 3.45. The lowest BCUT2D eigenvalue weighted by molar-refractivity contribution is 0.629. The third-order valence-corrected chi connectivity index (χ3v) is 3.28. The molecular weight excluding hydrogens is 241 g/mol. The van der Waals surface area contributed by atoms with E-state index >= 15 is 0 Å². The van der Waals surface area contributed by atoms with Crippen LogP contribution in [0.3, 0.4) is 0 Å². The summed E-state index contributed by atoms with van der Waals surface area (Å²) in [5, 5.41) is 9.04. The molecule has 3 aromatic rings.